The van der Waals surface area contributed by atoms with E-state index in [1.54, 1.807) is 19.1 Å². The third-order valence-corrected chi connectivity index (χ3v) is 6.92. The van der Waals surface area contributed by atoms with E-state index in [-0.39, 0.29) is 26.9 Å². The van der Waals surface area contributed by atoms with Gasteiger partial charge in [0.05, 0.1) is 0 Å². The molecule has 1 aliphatic heterocycles. The molecule has 4 nitrogen and oxygen atoms in total. The second-order valence-electron chi connectivity index (χ2n) is 4.80. The van der Waals surface area contributed by atoms with Crippen molar-refractivity contribution >= 4 is 31.4 Å². The third kappa shape index (κ3) is 2.76. The van der Waals surface area contributed by atoms with Gasteiger partial charge in [0.15, 0.2) is 0 Å². The summed E-state index contributed by atoms with van der Waals surface area (Å²) in [6.45, 7) is 3.59. The Morgan fingerprint density at radius 2 is 2.05 bits per heavy atom. The second-order valence-corrected chi connectivity index (χ2v) is 7.64. The van der Waals surface area contributed by atoms with E-state index in [0.29, 0.717) is 0 Å². The second kappa shape index (κ2) is 6.46. The third-order valence-electron chi connectivity index (χ3n) is 3.56. The molecule has 3 atom stereocenters. The summed E-state index contributed by atoms with van der Waals surface area (Å²) in [5.41, 5.74) is 0. The van der Waals surface area contributed by atoms with Crippen LogP contribution in [0.5, 0.6) is 0 Å². The summed E-state index contributed by atoms with van der Waals surface area (Å²) in [5, 5.41) is 0. The van der Waals surface area contributed by atoms with Gasteiger partial charge < -0.3 is 0 Å². The van der Waals surface area contributed by atoms with Crippen LogP contribution in [-0.4, -0.2) is 40.1 Å². The fraction of sp³-hybridized carbons (Fsp3) is 0.375. The van der Waals surface area contributed by atoms with Crippen LogP contribution >= 0.6 is 0 Å². The van der Waals surface area contributed by atoms with Crippen LogP contribution in [-0.2, 0) is 19.1 Å². The number of allylic oxidation sites excluding steroid dienone is 1. The van der Waals surface area contributed by atoms with Crippen LogP contribution in [0.25, 0.3) is 0 Å². The Morgan fingerprint density at radius 3 is 2.62 bits per heavy atom. The van der Waals surface area contributed by atoms with E-state index in [9.17, 15) is 9.59 Å². The molecule has 0 spiro atoms. The molecule has 0 aliphatic carbocycles. The van der Waals surface area contributed by atoms with Crippen molar-refractivity contribution in [1.82, 2.24) is 0 Å². The summed E-state index contributed by atoms with van der Waals surface area (Å²) >= 11 is -0.281. The fourth-order valence-corrected chi connectivity index (χ4v) is 5.28. The van der Waals surface area contributed by atoms with Gasteiger partial charge in [-0.1, -0.05) is 0 Å². The van der Waals surface area contributed by atoms with Crippen LogP contribution in [0, 0.1) is 5.92 Å². The molecule has 0 aromatic heterocycles. The van der Waals surface area contributed by atoms with E-state index in [1.807, 2.05) is 37.3 Å². The maximum atomic E-state index is 12.5. The Morgan fingerprint density at radius 1 is 1.38 bits per heavy atom. The Hall–Kier alpha value is -1.58. The van der Waals surface area contributed by atoms with E-state index in [2.05, 4.69) is 0 Å². The minimum atomic E-state index is -0.952. The van der Waals surface area contributed by atoms with Crippen molar-refractivity contribution in [2.24, 2.45) is 5.92 Å². The summed E-state index contributed by atoms with van der Waals surface area (Å²) < 4.78 is 10.5. The van der Waals surface area contributed by atoms with Crippen LogP contribution in [0.3, 0.4) is 0 Å². The number of esters is 2. The van der Waals surface area contributed by atoms with Crippen molar-refractivity contribution in [2.45, 2.75) is 24.3 Å². The molecule has 1 aliphatic rings. The number of hydrogen-bond donors (Lipinski definition) is 0. The van der Waals surface area contributed by atoms with Gasteiger partial charge in [0, 0.05) is 0 Å². The monoisotopic (exact) mass is 354 g/mol. The van der Waals surface area contributed by atoms with E-state index >= 15 is 0 Å². The molecule has 1 fully saturated rings. The van der Waals surface area contributed by atoms with Crippen molar-refractivity contribution in [3.05, 3.63) is 42.5 Å². The van der Waals surface area contributed by atoms with Gasteiger partial charge in [0.25, 0.3) is 0 Å². The first-order chi connectivity index (χ1) is 10.1. The van der Waals surface area contributed by atoms with Crippen LogP contribution in [0.1, 0.15) is 13.8 Å². The van der Waals surface area contributed by atoms with E-state index in [4.69, 9.17) is 9.47 Å². The van der Waals surface area contributed by atoms with Crippen LogP contribution in [0.4, 0.5) is 0 Å². The molecule has 1 aromatic carbocycles. The van der Waals surface area contributed by atoms with Gasteiger partial charge in [0.2, 0.25) is 0 Å². The molecule has 1 heterocycles. The minimum absolute atomic E-state index is 0.281. The number of benzene rings is 1. The van der Waals surface area contributed by atoms with Gasteiger partial charge in [0.1, 0.15) is 0 Å². The number of ether oxygens (including phenoxy) is 2. The van der Waals surface area contributed by atoms with Gasteiger partial charge in [-0.3, -0.25) is 0 Å². The first-order valence-corrected chi connectivity index (χ1v) is 8.43. The van der Waals surface area contributed by atoms with Crippen molar-refractivity contribution in [3.8, 4) is 0 Å². The van der Waals surface area contributed by atoms with E-state index in [0.717, 1.165) is 4.46 Å². The summed E-state index contributed by atoms with van der Waals surface area (Å²) in [7, 11) is 1.35. The molecule has 2 rings (SSSR count). The SMILES string of the molecule is C/C=C/[C@H]1OC(=O)[C@@H](C)[C@@]1([Se]c1ccccc1)C(=O)OC. The van der Waals surface area contributed by atoms with E-state index < -0.39 is 16.3 Å². The van der Waals surface area contributed by atoms with E-state index in [1.165, 1.54) is 7.11 Å². The molecule has 5 heteroatoms. The zero-order chi connectivity index (χ0) is 15.5. The zero-order valence-corrected chi connectivity index (χ0v) is 14.0. The normalized spacial score (nSPS) is 28.6. The predicted octanol–water partition coefficient (Wildman–Crippen LogP) is 1.49. The first-order valence-electron chi connectivity index (χ1n) is 6.72. The van der Waals surface area contributed by atoms with Gasteiger partial charge >= 0.3 is 130 Å². The number of hydrogen-bond acceptors (Lipinski definition) is 4. The first kappa shape index (κ1) is 15.8. The quantitative estimate of drug-likeness (QED) is 0.468. The van der Waals surface area contributed by atoms with Crippen molar-refractivity contribution in [3.63, 3.8) is 0 Å². The Bertz CT molecular complexity index is 555. The fourth-order valence-electron chi connectivity index (χ4n) is 2.42. The Labute approximate surface area is 130 Å². The number of cyclic esters (lactones) is 1. The van der Waals surface area contributed by atoms with Crippen LogP contribution in [0.2, 0.25) is 4.31 Å². The van der Waals surface area contributed by atoms with Gasteiger partial charge in [-0.2, -0.15) is 0 Å². The number of carbonyl (C=O) groups is 2. The summed E-state index contributed by atoms with van der Waals surface area (Å²) in [4.78, 5) is 24.5. The molecule has 1 saturated heterocycles. The van der Waals surface area contributed by atoms with Gasteiger partial charge in [-0.05, 0) is 0 Å². The summed E-state index contributed by atoms with van der Waals surface area (Å²) in [6, 6.07) is 9.71. The van der Waals surface area contributed by atoms with Crippen molar-refractivity contribution in [1.29, 1.82) is 0 Å². The average molecular weight is 353 g/mol. The predicted molar refractivity (Wildman–Crippen MR) is 80.4 cm³/mol. The molecule has 0 bridgehead atoms. The average Bonchev–Trinajstić information content (AvgIpc) is 2.73. The molecule has 112 valence electrons. The topological polar surface area (TPSA) is 52.6 Å². The number of methoxy groups -OCH3 is 1. The standard InChI is InChI=1S/C16H18O4Se/c1-4-8-13-16(15(18)19-3,11(2)14(17)20-13)21-12-9-6-5-7-10-12/h4-11,13H,1-3H3/b8-4+/t11-,13-,16+/m1/s1. The van der Waals surface area contributed by atoms with Gasteiger partial charge in [-0.15, -0.1) is 0 Å². The van der Waals surface area contributed by atoms with Crippen molar-refractivity contribution in [2.75, 3.05) is 7.11 Å². The molecular formula is C16H18O4Se. The molecule has 0 amide bonds. The molecule has 1 aromatic rings. The van der Waals surface area contributed by atoms with Gasteiger partial charge in [-0.25, -0.2) is 0 Å². The molecule has 21 heavy (non-hydrogen) atoms. The Kier molecular flexibility index (Phi) is 4.86. The number of rotatable bonds is 4. The molecule has 0 N–H and O–H groups in total. The summed E-state index contributed by atoms with van der Waals surface area (Å²) in [6.07, 6.45) is 3.00. The Balaban J connectivity index is 2.49. The molecule has 0 unspecified atom stereocenters. The number of carbonyl (C=O) groups excluding carboxylic acids is 2. The molecular weight excluding hydrogens is 335 g/mol. The van der Waals surface area contributed by atoms with Crippen LogP contribution < -0.4 is 4.46 Å². The maximum absolute atomic E-state index is 12.5. The zero-order valence-electron chi connectivity index (χ0n) is 12.2. The van der Waals surface area contributed by atoms with Crippen LogP contribution in [0.15, 0.2) is 42.5 Å². The molecule has 0 saturated carbocycles. The molecule has 0 radical (unpaired) electrons. The van der Waals surface area contributed by atoms with Crippen molar-refractivity contribution < 1.29 is 19.1 Å². The summed E-state index contributed by atoms with van der Waals surface area (Å²) in [5.74, 6) is -1.25.